The highest BCUT2D eigenvalue weighted by Crippen LogP contribution is 2.39. The number of unbranched alkanes of at least 4 members (excludes halogenated alkanes) is 4. The lowest BCUT2D eigenvalue weighted by molar-refractivity contribution is -0.272. The summed E-state index contributed by atoms with van der Waals surface area (Å²) >= 11 is 0. The Morgan fingerprint density at radius 1 is 0.880 bits per heavy atom. The molecule has 3 heteroatoms. The molecule has 0 amide bonds. The first-order chi connectivity index (χ1) is 12.2. The van der Waals surface area contributed by atoms with Crippen molar-refractivity contribution in [2.75, 3.05) is 7.11 Å². The molecule has 0 radical (unpaired) electrons. The molecule has 1 saturated heterocycles. The van der Waals surface area contributed by atoms with Gasteiger partial charge in [-0.1, -0.05) is 65.0 Å². The lowest BCUT2D eigenvalue weighted by Crippen LogP contribution is -2.40. The van der Waals surface area contributed by atoms with Gasteiger partial charge in [-0.05, 0) is 37.0 Å². The van der Waals surface area contributed by atoms with Crippen LogP contribution < -0.4 is 4.74 Å². The second-order valence-corrected chi connectivity index (χ2v) is 7.28. The molecule has 1 aliphatic rings. The molecule has 25 heavy (non-hydrogen) atoms. The Hall–Kier alpha value is -1.06. The van der Waals surface area contributed by atoms with Crippen molar-refractivity contribution in [1.82, 2.24) is 0 Å². The van der Waals surface area contributed by atoms with Crippen LogP contribution in [-0.4, -0.2) is 19.5 Å². The fourth-order valence-electron chi connectivity index (χ4n) is 3.63. The van der Waals surface area contributed by atoms with Crippen LogP contribution in [0.2, 0.25) is 0 Å². The summed E-state index contributed by atoms with van der Waals surface area (Å²) in [4.78, 5) is 0. The quantitative estimate of drug-likeness (QED) is 0.466. The first kappa shape index (κ1) is 20.3. The van der Waals surface area contributed by atoms with Crippen LogP contribution in [0.1, 0.15) is 83.8 Å². The van der Waals surface area contributed by atoms with E-state index in [4.69, 9.17) is 14.2 Å². The number of methoxy groups -OCH3 is 1. The average molecular weight is 349 g/mol. The van der Waals surface area contributed by atoms with Gasteiger partial charge in [0, 0.05) is 5.92 Å². The molecule has 0 N–H and O–H groups in total. The smallest absolute Gasteiger partial charge is 0.158 e. The molecule has 0 aliphatic carbocycles. The van der Waals surface area contributed by atoms with Crippen molar-refractivity contribution in [3.8, 4) is 5.75 Å². The maximum atomic E-state index is 6.38. The molecule has 0 spiro atoms. The van der Waals surface area contributed by atoms with Gasteiger partial charge in [-0.25, -0.2) is 0 Å². The van der Waals surface area contributed by atoms with E-state index < -0.39 is 0 Å². The van der Waals surface area contributed by atoms with Gasteiger partial charge in [0.2, 0.25) is 0 Å². The summed E-state index contributed by atoms with van der Waals surface area (Å²) in [5, 5.41) is 0. The summed E-state index contributed by atoms with van der Waals surface area (Å²) in [6.07, 6.45) is 9.87. The molecule has 3 nitrogen and oxygen atoms in total. The van der Waals surface area contributed by atoms with Gasteiger partial charge in [-0.15, -0.1) is 0 Å². The Bertz CT molecular complexity index is 471. The number of benzene rings is 1. The summed E-state index contributed by atoms with van der Waals surface area (Å²) in [7, 11) is 1.70. The van der Waals surface area contributed by atoms with E-state index in [1.54, 1.807) is 7.11 Å². The molecule has 0 aromatic heterocycles. The predicted molar refractivity (Wildman–Crippen MR) is 103 cm³/mol. The van der Waals surface area contributed by atoms with Crippen molar-refractivity contribution in [1.29, 1.82) is 0 Å². The minimum absolute atomic E-state index is 0.0681. The molecular weight excluding hydrogens is 312 g/mol. The highest BCUT2D eigenvalue weighted by Gasteiger charge is 2.36. The van der Waals surface area contributed by atoms with Crippen LogP contribution in [0.5, 0.6) is 5.75 Å². The second-order valence-electron chi connectivity index (χ2n) is 7.28. The standard InChI is InChI=1S/C22H36O3/c1-5-7-9-11-20-17(3)22(18-13-15-19(23-4)16-14-18)25-21(24-20)12-10-8-6-2/h13-17,20-22H,5-12H2,1-4H3/t17-,20-,21-,22-/m1/s1. The van der Waals surface area contributed by atoms with Gasteiger partial charge < -0.3 is 14.2 Å². The van der Waals surface area contributed by atoms with Gasteiger partial charge in [0.25, 0.3) is 0 Å². The molecule has 0 unspecified atom stereocenters. The molecule has 0 bridgehead atoms. The maximum absolute atomic E-state index is 6.38. The lowest BCUT2D eigenvalue weighted by Gasteiger charge is -2.41. The Morgan fingerprint density at radius 3 is 2.12 bits per heavy atom. The van der Waals surface area contributed by atoms with Crippen LogP contribution >= 0.6 is 0 Å². The Morgan fingerprint density at radius 2 is 1.52 bits per heavy atom. The molecule has 4 atom stereocenters. The average Bonchev–Trinajstić information content (AvgIpc) is 2.64. The van der Waals surface area contributed by atoms with Crippen molar-refractivity contribution < 1.29 is 14.2 Å². The van der Waals surface area contributed by atoms with Gasteiger partial charge in [-0.3, -0.25) is 0 Å². The first-order valence-corrected chi connectivity index (χ1v) is 10.1. The van der Waals surface area contributed by atoms with Crippen molar-refractivity contribution in [3.05, 3.63) is 29.8 Å². The van der Waals surface area contributed by atoms with E-state index in [9.17, 15) is 0 Å². The van der Waals surface area contributed by atoms with E-state index >= 15 is 0 Å². The number of hydrogen-bond acceptors (Lipinski definition) is 3. The maximum Gasteiger partial charge on any atom is 0.158 e. The van der Waals surface area contributed by atoms with Crippen LogP contribution in [0.25, 0.3) is 0 Å². The van der Waals surface area contributed by atoms with Crippen LogP contribution in [0.4, 0.5) is 0 Å². The van der Waals surface area contributed by atoms with E-state index in [0.29, 0.717) is 12.0 Å². The fourth-order valence-corrected chi connectivity index (χ4v) is 3.63. The first-order valence-electron chi connectivity index (χ1n) is 10.1. The van der Waals surface area contributed by atoms with E-state index in [1.807, 2.05) is 12.1 Å². The number of rotatable bonds is 10. The zero-order valence-electron chi connectivity index (χ0n) is 16.5. The molecule has 1 aromatic rings. The van der Waals surface area contributed by atoms with E-state index in [-0.39, 0.29) is 12.4 Å². The molecule has 1 aromatic carbocycles. The molecule has 1 heterocycles. The van der Waals surface area contributed by atoms with Gasteiger partial charge in [0.15, 0.2) is 6.29 Å². The number of ether oxygens (including phenoxy) is 3. The van der Waals surface area contributed by atoms with Crippen molar-refractivity contribution in [2.45, 2.75) is 90.6 Å². The SMILES string of the molecule is CCCCC[C@@H]1O[C@H](CCCCC)[C@@H](C)[C@H](c2ccc(OC)cc2)O1. The van der Waals surface area contributed by atoms with Crippen LogP contribution in [0, 0.1) is 5.92 Å². The molecule has 1 fully saturated rings. The van der Waals surface area contributed by atoms with Crippen LogP contribution in [-0.2, 0) is 9.47 Å². The fraction of sp³-hybridized carbons (Fsp3) is 0.727. The Kier molecular flexibility index (Phi) is 8.77. The topological polar surface area (TPSA) is 27.7 Å². The molecule has 2 rings (SSSR count). The molecule has 142 valence electrons. The number of hydrogen-bond donors (Lipinski definition) is 0. The van der Waals surface area contributed by atoms with Gasteiger partial charge in [-0.2, -0.15) is 0 Å². The summed E-state index contributed by atoms with van der Waals surface area (Å²) in [5.41, 5.74) is 1.23. The van der Waals surface area contributed by atoms with Crippen molar-refractivity contribution in [3.63, 3.8) is 0 Å². The normalized spacial score (nSPS) is 26.6. The van der Waals surface area contributed by atoms with Gasteiger partial charge in [0.05, 0.1) is 19.3 Å². The summed E-state index contributed by atoms with van der Waals surface area (Å²) in [6, 6.07) is 8.33. The Labute approximate surface area is 154 Å². The molecular formula is C22H36O3. The zero-order chi connectivity index (χ0) is 18.1. The van der Waals surface area contributed by atoms with E-state index in [1.165, 1.54) is 44.1 Å². The second kappa shape index (κ2) is 10.8. The third-order valence-electron chi connectivity index (χ3n) is 5.27. The molecule has 0 saturated carbocycles. The predicted octanol–water partition coefficient (Wildman–Crippen LogP) is 6.27. The Balaban J connectivity index is 2.07. The summed E-state index contributed by atoms with van der Waals surface area (Å²) < 4.78 is 18.0. The van der Waals surface area contributed by atoms with Gasteiger partial charge in [0.1, 0.15) is 5.75 Å². The van der Waals surface area contributed by atoms with Crippen molar-refractivity contribution in [2.24, 2.45) is 5.92 Å². The minimum atomic E-state index is -0.0681. The largest absolute Gasteiger partial charge is 0.497 e. The lowest BCUT2D eigenvalue weighted by atomic mass is 9.88. The summed E-state index contributed by atoms with van der Waals surface area (Å²) in [6.45, 7) is 6.76. The molecule has 1 aliphatic heterocycles. The van der Waals surface area contributed by atoms with E-state index in [0.717, 1.165) is 18.6 Å². The highest BCUT2D eigenvalue weighted by molar-refractivity contribution is 5.29. The van der Waals surface area contributed by atoms with Crippen LogP contribution in [0.3, 0.4) is 0 Å². The van der Waals surface area contributed by atoms with Gasteiger partial charge >= 0.3 is 0 Å². The highest BCUT2D eigenvalue weighted by atomic mass is 16.7. The van der Waals surface area contributed by atoms with E-state index in [2.05, 4.69) is 32.9 Å². The third kappa shape index (κ3) is 6.00. The third-order valence-corrected chi connectivity index (χ3v) is 5.27. The summed E-state index contributed by atoms with van der Waals surface area (Å²) in [5.74, 6) is 1.26. The van der Waals surface area contributed by atoms with Crippen LogP contribution in [0.15, 0.2) is 24.3 Å². The monoisotopic (exact) mass is 348 g/mol. The van der Waals surface area contributed by atoms with Crippen molar-refractivity contribution >= 4 is 0 Å². The zero-order valence-corrected chi connectivity index (χ0v) is 16.5. The minimum Gasteiger partial charge on any atom is -0.497 e.